The van der Waals surface area contributed by atoms with Gasteiger partial charge in [-0.2, -0.15) is 0 Å². The lowest BCUT2D eigenvalue weighted by atomic mass is 10.1. The topological polar surface area (TPSA) is 42.0 Å². The number of anilines is 1. The normalized spacial score (nSPS) is 10.9. The molecule has 0 fully saturated rings. The quantitative estimate of drug-likeness (QED) is 0.670. The van der Waals surface area contributed by atoms with Crippen LogP contribution in [0.4, 0.5) is 18.9 Å². The van der Waals surface area contributed by atoms with Crippen molar-refractivity contribution in [3.63, 3.8) is 0 Å². The van der Waals surface area contributed by atoms with E-state index in [-0.39, 0.29) is 16.5 Å². The molecule has 1 aromatic heterocycles. The van der Waals surface area contributed by atoms with Crippen LogP contribution in [0, 0.1) is 24.4 Å². The molecule has 24 heavy (non-hydrogen) atoms. The summed E-state index contributed by atoms with van der Waals surface area (Å²) in [6.45, 7) is 1.74. The van der Waals surface area contributed by atoms with Crippen LogP contribution in [0.5, 0.6) is 0 Å². The van der Waals surface area contributed by atoms with Crippen LogP contribution in [0.15, 0.2) is 36.5 Å². The highest BCUT2D eigenvalue weighted by molar-refractivity contribution is 6.30. The van der Waals surface area contributed by atoms with Crippen LogP contribution in [-0.2, 0) is 0 Å². The number of benzene rings is 2. The molecule has 0 spiro atoms. The molecule has 0 atom stereocenters. The van der Waals surface area contributed by atoms with E-state index < -0.39 is 23.4 Å². The number of halogens is 4. The van der Waals surface area contributed by atoms with Gasteiger partial charge in [-0.05, 0) is 42.8 Å². The van der Waals surface area contributed by atoms with Gasteiger partial charge in [0.15, 0.2) is 17.5 Å². The van der Waals surface area contributed by atoms with Crippen LogP contribution in [0.2, 0.25) is 5.02 Å². The molecule has 0 aliphatic rings. The lowest BCUT2D eigenvalue weighted by Gasteiger charge is -2.10. The number of carbonyl (C=O) groups is 1. The summed E-state index contributed by atoms with van der Waals surface area (Å²) in [6, 6.07) is 6.78. The van der Waals surface area contributed by atoms with Gasteiger partial charge in [-0.15, -0.1) is 0 Å². The van der Waals surface area contributed by atoms with Crippen molar-refractivity contribution in [1.82, 2.24) is 4.98 Å². The van der Waals surface area contributed by atoms with Crippen LogP contribution in [0.3, 0.4) is 0 Å². The highest BCUT2D eigenvalue weighted by Crippen LogP contribution is 2.26. The molecule has 1 N–H and O–H groups in total. The van der Waals surface area contributed by atoms with Crippen molar-refractivity contribution in [2.45, 2.75) is 6.92 Å². The Labute approximate surface area is 140 Å². The molecule has 122 valence electrons. The van der Waals surface area contributed by atoms with Gasteiger partial charge in [0.05, 0.1) is 0 Å². The second-order valence-corrected chi connectivity index (χ2v) is 5.59. The minimum absolute atomic E-state index is 0.113. The van der Waals surface area contributed by atoms with E-state index in [2.05, 4.69) is 10.3 Å². The summed E-state index contributed by atoms with van der Waals surface area (Å²) >= 11 is 5.85. The molecular weight excluding hydrogens is 341 g/mol. The van der Waals surface area contributed by atoms with Crippen LogP contribution in [0.1, 0.15) is 16.1 Å². The van der Waals surface area contributed by atoms with Gasteiger partial charge in [-0.25, -0.2) is 13.2 Å². The standard InChI is InChI=1S/C17H10ClF3N2O/c1-8-6-9(18)2-3-13(8)23-17(24)16-11-7-12(19)15(21)14(20)10(11)4-5-22-16/h2-7H,1H3,(H,23,24). The monoisotopic (exact) mass is 350 g/mol. The van der Waals surface area contributed by atoms with Crippen LogP contribution >= 0.6 is 11.6 Å². The third-order valence-electron chi connectivity index (χ3n) is 3.55. The molecule has 0 unspecified atom stereocenters. The summed E-state index contributed by atoms with van der Waals surface area (Å²) in [5.41, 5.74) is 0.977. The Morgan fingerprint density at radius 3 is 2.54 bits per heavy atom. The minimum atomic E-state index is -1.59. The number of nitrogens with one attached hydrogen (secondary N) is 1. The summed E-state index contributed by atoms with van der Waals surface area (Å²) in [5.74, 6) is -5.00. The lowest BCUT2D eigenvalue weighted by molar-refractivity contribution is 0.102. The maximum absolute atomic E-state index is 13.8. The summed E-state index contributed by atoms with van der Waals surface area (Å²) in [6.07, 6.45) is 1.16. The number of rotatable bonds is 2. The van der Waals surface area contributed by atoms with Crippen LogP contribution < -0.4 is 5.32 Å². The SMILES string of the molecule is Cc1cc(Cl)ccc1NC(=O)c1nccc2c(F)c(F)c(F)cc12. The average Bonchev–Trinajstić information content (AvgIpc) is 2.55. The third kappa shape index (κ3) is 2.80. The van der Waals surface area contributed by atoms with Crippen molar-refractivity contribution in [2.75, 3.05) is 5.32 Å². The Morgan fingerprint density at radius 2 is 1.83 bits per heavy atom. The number of pyridine rings is 1. The number of fused-ring (bicyclic) bond motifs is 1. The first-order valence-corrected chi connectivity index (χ1v) is 7.26. The van der Waals surface area contributed by atoms with Gasteiger partial charge in [0, 0.05) is 27.7 Å². The first kappa shape index (κ1) is 16.3. The summed E-state index contributed by atoms with van der Waals surface area (Å²) in [4.78, 5) is 16.3. The molecule has 0 bridgehead atoms. The fraction of sp³-hybridized carbons (Fsp3) is 0.0588. The number of hydrogen-bond acceptors (Lipinski definition) is 2. The zero-order chi connectivity index (χ0) is 17.4. The molecule has 1 heterocycles. The molecule has 3 rings (SSSR count). The van der Waals surface area contributed by atoms with E-state index in [1.54, 1.807) is 25.1 Å². The smallest absolute Gasteiger partial charge is 0.274 e. The molecule has 0 radical (unpaired) electrons. The van der Waals surface area contributed by atoms with Gasteiger partial charge in [-0.3, -0.25) is 9.78 Å². The first-order chi connectivity index (χ1) is 11.4. The van der Waals surface area contributed by atoms with Gasteiger partial charge in [0.1, 0.15) is 5.69 Å². The van der Waals surface area contributed by atoms with Crippen molar-refractivity contribution in [2.24, 2.45) is 0 Å². The van der Waals surface area contributed by atoms with E-state index in [9.17, 15) is 18.0 Å². The van der Waals surface area contributed by atoms with Gasteiger partial charge in [-0.1, -0.05) is 11.6 Å². The molecule has 7 heteroatoms. The predicted molar refractivity (Wildman–Crippen MR) is 85.8 cm³/mol. The van der Waals surface area contributed by atoms with Crippen molar-refractivity contribution < 1.29 is 18.0 Å². The number of aryl methyl sites for hydroxylation is 1. The molecular formula is C17H10ClF3N2O. The van der Waals surface area contributed by atoms with Gasteiger partial charge in [0.2, 0.25) is 0 Å². The number of hydrogen-bond donors (Lipinski definition) is 1. The molecule has 0 aliphatic heterocycles. The first-order valence-electron chi connectivity index (χ1n) is 6.88. The van der Waals surface area contributed by atoms with E-state index in [0.29, 0.717) is 16.3 Å². The zero-order valence-corrected chi connectivity index (χ0v) is 13.1. The Kier molecular flexibility index (Phi) is 4.15. The van der Waals surface area contributed by atoms with E-state index in [0.717, 1.165) is 12.3 Å². The second-order valence-electron chi connectivity index (χ2n) is 5.15. The summed E-state index contributed by atoms with van der Waals surface area (Å²) in [5, 5.41) is 2.78. The fourth-order valence-corrected chi connectivity index (χ4v) is 2.58. The minimum Gasteiger partial charge on any atom is -0.320 e. The summed E-state index contributed by atoms with van der Waals surface area (Å²) in [7, 11) is 0. The zero-order valence-electron chi connectivity index (χ0n) is 12.3. The highest BCUT2D eigenvalue weighted by atomic mass is 35.5. The maximum Gasteiger partial charge on any atom is 0.274 e. The number of aromatic nitrogens is 1. The number of carbonyl (C=O) groups excluding carboxylic acids is 1. The van der Waals surface area contributed by atoms with Gasteiger partial charge < -0.3 is 5.32 Å². The van der Waals surface area contributed by atoms with Crippen molar-refractivity contribution in [3.05, 3.63) is 70.3 Å². The molecule has 2 aromatic carbocycles. The van der Waals surface area contributed by atoms with E-state index in [1.807, 2.05) is 0 Å². The largest absolute Gasteiger partial charge is 0.320 e. The van der Waals surface area contributed by atoms with Gasteiger partial charge >= 0.3 is 0 Å². The Hall–Kier alpha value is -2.60. The van der Waals surface area contributed by atoms with E-state index in [4.69, 9.17) is 11.6 Å². The molecule has 3 aromatic rings. The molecule has 3 nitrogen and oxygen atoms in total. The maximum atomic E-state index is 13.8. The lowest BCUT2D eigenvalue weighted by Crippen LogP contribution is -2.15. The highest BCUT2D eigenvalue weighted by Gasteiger charge is 2.19. The third-order valence-corrected chi connectivity index (χ3v) is 3.79. The van der Waals surface area contributed by atoms with Crippen LogP contribution in [0.25, 0.3) is 10.8 Å². The fourth-order valence-electron chi connectivity index (χ4n) is 2.35. The van der Waals surface area contributed by atoms with Crippen molar-refractivity contribution in [1.29, 1.82) is 0 Å². The number of nitrogens with zero attached hydrogens (tertiary/aromatic N) is 1. The number of amides is 1. The molecule has 1 amide bonds. The predicted octanol–water partition coefficient (Wildman–Crippen LogP) is 4.87. The Balaban J connectivity index is 2.07. The van der Waals surface area contributed by atoms with E-state index in [1.165, 1.54) is 6.07 Å². The Bertz CT molecular complexity index is 976. The van der Waals surface area contributed by atoms with Gasteiger partial charge in [0.25, 0.3) is 5.91 Å². The van der Waals surface area contributed by atoms with Crippen molar-refractivity contribution >= 4 is 34.0 Å². The average molecular weight is 351 g/mol. The Morgan fingerprint density at radius 1 is 1.08 bits per heavy atom. The molecule has 0 saturated heterocycles. The van der Waals surface area contributed by atoms with Crippen molar-refractivity contribution in [3.8, 4) is 0 Å². The van der Waals surface area contributed by atoms with Crippen LogP contribution in [-0.4, -0.2) is 10.9 Å². The van der Waals surface area contributed by atoms with E-state index >= 15 is 0 Å². The molecule has 0 aliphatic carbocycles. The second kappa shape index (κ2) is 6.13. The molecule has 0 saturated carbocycles. The summed E-state index contributed by atoms with van der Waals surface area (Å²) < 4.78 is 40.7.